The first-order valence-corrected chi connectivity index (χ1v) is 6.56. The zero-order chi connectivity index (χ0) is 11.5. The second kappa shape index (κ2) is 6.63. The molecule has 2 rings (SSSR count). The van der Waals surface area contributed by atoms with Crippen molar-refractivity contribution in [3.05, 3.63) is 34.9 Å². The lowest BCUT2D eigenvalue weighted by molar-refractivity contribution is 0.193. The molecule has 0 N–H and O–H groups in total. The summed E-state index contributed by atoms with van der Waals surface area (Å²) in [6.45, 7) is 7.09. The molecule has 0 aliphatic carbocycles. The van der Waals surface area contributed by atoms with Crippen LogP contribution in [0.2, 0.25) is 5.02 Å². The quantitative estimate of drug-likeness (QED) is 0.781. The Labute approximate surface area is 116 Å². The molecule has 3 heteroatoms. The molecule has 96 valence electrons. The Balaban J connectivity index is 0.00000144. The summed E-state index contributed by atoms with van der Waals surface area (Å²) in [6.07, 6.45) is 2.69. The van der Waals surface area contributed by atoms with E-state index in [0.717, 1.165) is 5.02 Å². The van der Waals surface area contributed by atoms with Crippen molar-refractivity contribution in [3.63, 3.8) is 0 Å². The van der Waals surface area contributed by atoms with E-state index in [2.05, 4.69) is 30.9 Å². The third-order valence-electron chi connectivity index (χ3n) is 3.38. The molecule has 0 aromatic heterocycles. The molecule has 1 fully saturated rings. The van der Waals surface area contributed by atoms with Gasteiger partial charge in [-0.05, 0) is 49.5 Å². The maximum absolute atomic E-state index is 5.94. The predicted octanol–water partition coefficient (Wildman–Crippen LogP) is 4.55. The first-order chi connectivity index (χ1) is 7.68. The Bertz CT molecular complexity index is 329. The van der Waals surface area contributed by atoms with Crippen molar-refractivity contribution >= 4 is 24.0 Å². The fraction of sp³-hybridized carbons (Fsp3) is 0.571. The molecule has 0 bridgehead atoms. The molecule has 1 aromatic rings. The topological polar surface area (TPSA) is 3.24 Å². The molecule has 1 aliphatic rings. The number of benzene rings is 1. The van der Waals surface area contributed by atoms with Gasteiger partial charge in [0.25, 0.3) is 0 Å². The van der Waals surface area contributed by atoms with E-state index >= 15 is 0 Å². The Morgan fingerprint density at radius 3 is 2.06 bits per heavy atom. The molecule has 17 heavy (non-hydrogen) atoms. The molecular weight excluding hydrogens is 253 g/mol. The van der Waals surface area contributed by atoms with Gasteiger partial charge < -0.3 is 0 Å². The molecule has 1 unspecified atom stereocenters. The third kappa shape index (κ3) is 3.61. The van der Waals surface area contributed by atoms with Crippen molar-refractivity contribution in [2.75, 3.05) is 13.1 Å². The zero-order valence-corrected chi connectivity index (χ0v) is 12.1. The van der Waals surface area contributed by atoms with E-state index in [1.54, 1.807) is 0 Å². The summed E-state index contributed by atoms with van der Waals surface area (Å²) < 4.78 is 0. The van der Waals surface area contributed by atoms with Gasteiger partial charge in [-0.15, -0.1) is 12.4 Å². The SMILES string of the molecule is CC(C)C(c1ccc(Cl)cc1)N1CCCC1.Cl. The highest BCUT2D eigenvalue weighted by Gasteiger charge is 2.25. The van der Waals surface area contributed by atoms with E-state index < -0.39 is 0 Å². The molecule has 1 aliphatic heterocycles. The van der Waals surface area contributed by atoms with Crippen LogP contribution in [0.4, 0.5) is 0 Å². The van der Waals surface area contributed by atoms with E-state index in [9.17, 15) is 0 Å². The summed E-state index contributed by atoms with van der Waals surface area (Å²) in [5.74, 6) is 0.652. The summed E-state index contributed by atoms with van der Waals surface area (Å²) in [7, 11) is 0. The number of halogens is 2. The van der Waals surface area contributed by atoms with Crippen LogP contribution < -0.4 is 0 Å². The first kappa shape index (κ1) is 14.8. The molecule has 1 nitrogen and oxygen atoms in total. The van der Waals surface area contributed by atoms with Crippen LogP contribution in [0.25, 0.3) is 0 Å². The fourth-order valence-electron chi connectivity index (χ4n) is 2.70. The highest BCUT2D eigenvalue weighted by atomic mass is 35.5. The van der Waals surface area contributed by atoms with Crippen molar-refractivity contribution in [1.82, 2.24) is 4.90 Å². The van der Waals surface area contributed by atoms with Crippen LogP contribution in [-0.2, 0) is 0 Å². The minimum Gasteiger partial charge on any atom is -0.296 e. The van der Waals surface area contributed by atoms with Gasteiger partial charge in [-0.2, -0.15) is 0 Å². The summed E-state index contributed by atoms with van der Waals surface area (Å²) in [5.41, 5.74) is 1.40. The van der Waals surface area contributed by atoms with Gasteiger partial charge in [0.1, 0.15) is 0 Å². The molecular formula is C14H21Cl2N. The number of rotatable bonds is 3. The minimum atomic E-state index is 0. The van der Waals surface area contributed by atoms with Crippen LogP contribution in [-0.4, -0.2) is 18.0 Å². The first-order valence-electron chi connectivity index (χ1n) is 6.18. The molecule has 0 radical (unpaired) electrons. The Hall–Kier alpha value is -0.240. The van der Waals surface area contributed by atoms with Gasteiger partial charge in [0, 0.05) is 11.1 Å². The number of hydrogen-bond acceptors (Lipinski definition) is 1. The zero-order valence-electron chi connectivity index (χ0n) is 10.5. The van der Waals surface area contributed by atoms with Gasteiger partial charge in [0.05, 0.1) is 0 Å². The van der Waals surface area contributed by atoms with E-state index in [-0.39, 0.29) is 12.4 Å². The standard InChI is InChI=1S/C14H20ClN.ClH/c1-11(2)14(16-9-3-4-10-16)12-5-7-13(15)8-6-12;/h5-8,11,14H,3-4,9-10H2,1-2H3;1H. The van der Waals surface area contributed by atoms with Crippen LogP contribution in [0, 0.1) is 5.92 Å². The van der Waals surface area contributed by atoms with Crippen LogP contribution in [0.5, 0.6) is 0 Å². The fourth-order valence-corrected chi connectivity index (χ4v) is 2.82. The highest BCUT2D eigenvalue weighted by Crippen LogP contribution is 2.31. The molecule has 0 amide bonds. The average Bonchev–Trinajstić information content (AvgIpc) is 2.74. The summed E-state index contributed by atoms with van der Waals surface area (Å²) >= 11 is 5.94. The van der Waals surface area contributed by atoms with Crippen molar-refractivity contribution < 1.29 is 0 Å². The van der Waals surface area contributed by atoms with Crippen molar-refractivity contribution in [3.8, 4) is 0 Å². The maximum Gasteiger partial charge on any atom is 0.0406 e. The van der Waals surface area contributed by atoms with Gasteiger partial charge in [-0.3, -0.25) is 4.90 Å². The smallest absolute Gasteiger partial charge is 0.0406 e. The average molecular weight is 274 g/mol. The lowest BCUT2D eigenvalue weighted by Gasteiger charge is -2.31. The number of likely N-dealkylation sites (tertiary alicyclic amines) is 1. The Morgan fingerprint density at radius 2 is 1.59 bits per heavy atom. The maximum atomic E-state index is 5.94. The number of hydrogen-bond donors (Lipinski definition) is 0. The molecule has 0 spiro atoms. The predicted molar refractivity (Wildman–Crippen MR) is 77.1 cm³/mol. The Morgan fingerprint density at radius 1 is 1.06 bits per heavy atom. The van der Waals surface area contributed by atoms with Crippen molar-refractivity contribution in [1.29, 1.82) is 0 Å². The summed E-state index contributed by atoms with van der Waals surface area (Å²) in [5, 5.41) is 0.827. The molecule has 0 saturated carbocycles. The summed E-state index contributed by atoms with van der Waals surface area (Å²) in [4.78, 5) is 2.61. The van der Waals surface area contributed by atoms with Gasteiger partial charge in [0.2, 0.25) is 0 Å². The van der Waals surface area contributed by atoms with E-state index in [1.807, 2.05) is 12.1 Å². The normalized spacial score (nSPS) is 18.1. The summed E-state index contributed by atoms with van der Waals surface area (Å²) in [6, 6.07) is 8.90. The van der Waals surface area contributed by atoms with Gasteiger partial charge in [-0.25, -0.2) is 0 Å². The highest BCUT2D eigenvalue weighted by molar-refractivity contribution is 6.30. The molecule has 1 aromatic carbocycles. The molecule has 1 atom stereocenters. The lowest BCUT2D eigenvalue weighted by atomic mass is 9.95. The van der Waals surface area contributed by atoms with E-state index in [0.29, 0.717) is 12.0 Å². The second-order valence-electron chi connectivity index (χ2n) is 4.98. The van der Waals surface area contributed by atoms with E-state index in [1.165, 1.54) is 31.5 Å². The van der Waals surface area contributed by atoms with Gasteiger partial charge in [0.15, 0.2) is 0 Å². The third-order valence-corrected chi connectivity index (χ3v) is 3.63. The van der Waals surface area contributed by atoms with Crippen LogP contribution in [0.3, 0.4) is 0 Å². The lowest BCUT2D eigenvalue weighted by Crippen LogP contribution is -2.29. The monoisotopic (exact) mass is 273 g/mol. The second-order valence-corrected chi connectivity index (χ2v) is 5.42. The van der Waals surface area contributed by atoms with Crippen LogP contribution in [0.1, 0.15) is 38.3 Å². The molecule has 1 heterocycles. The number of nitrogens with zero attached hydrogens (tertiary/aromatic N) is 1. The van der Waals surface area contributed by atoms with Crippen LogP contribution >= 0.6 is 24.0 Å². The van der Waals surface area contributed by atoms with Crippen molar-refractivity contribution in [2.45, 2.75) is 32.7 Å². The van der Waals surface area contributed by atoms with Crippen molar-refractivity contribution in [2.24, 2.45) is 5.92 Å². The minimum absolute atomic E-state index is 0. The van der Waals surface area contributed by atoms with Gasteiger partial charge >= 0.3 is 0 Å². The van der Waals surface area contributed by atoms with Gasteiger partial charge in [-0.1, -0.05) is 37.6 Å². The molecule has 1 saturated heterocycles. The Kier molecular flexibility index (Phi) is 5.78. The van der Waals surface area contributed by atoms with Crippen LogP contribution in [0.15, 0.2) is 24.3 Å². The van der Waals surface area contributed by atoms with E-state index in [4.69, 9.17) is 11.6 Å². The largest absolute Gasteiger partial charge is 0.296 e.